The molecule has 2 heterocycles. The molecule has 3 heteroatoms. The zero-order valence-corrected chi connectivity index (χ0v) is 17.5. The van der Waals surface area contributed by atoms with Crippen LogP contribution in [0.15, 0.2) is 91.1 Å². The minimum Gasteiger partial charge on any atom is -0.315 e. The minimum atomic E-state index is 0.397. The Morgan fingerprint density at radius 2 is 1.09 bits per heavy atom. The summed E-state index contributed by atoms with van der Waals surface area (Å²) in [6.07, 6.45) is 2.14. The van der Waals surface area contributed by atoms with Crippen molar-refractivity contribution in [2.45, 2.75) is 0 Å². The van der Waals surface area contributed by atoms with Gasteiger partial charge in [0.05, 0.1) is 22.2 Å². The number of benzene rings is 5. The van der Waals surface area contributed by atoms with Gasteiger partial charge < -0.3 is 4.40 Å². The summed E-state index contributed by atoms with van der Waals surface area (Å²) in [7, 11) is 0. The first-order chi connectivity index (χ1) is 16.3. The first kappa shape index (κ1) is 17.8. The summed E-state index contributed by atoms with van der Waals surface area (Å²) in [6.45, 7) is 0. The highest BCUT2D eigenvalue weighted by atomic mass is 14.9. The number of aromatic nitrogens is 1. The normalized spacial score (nSPS) is 11.6. The van der Waals surface area contributed by atoms with E-state index in [0.29, 0.717) is 11.1 Å². The van der Waals surface area contributed by atoms with Gasteiger partial charge in [-0.05, 0) is 33.7 Å². The monoisotopic (exact) mass is 417 g/mol. The first-order valence-electron chi connectivity index (χ1n) is 10.8. The van der Waals surface area contributed by atoms with Gasteiger partial charge in [0.2, 0.25) is 0 Å². The molecule has 2 aromatic heterocycles. The van der Waals surface area contributed by atoms with Crippen molar-refractivity contribution < 1.29 is 0 Å². The maximum Gasteiger partial charge on any atom is 0.101 e. The maximum atomic E-state index is 9.79. The third kappa shape index (κ3) is 2.21. The average Bonchev–Trinajstić information content (AvgIpc) is 3.27. The molecule has 33 heavy (non-hydrogen) atoms. The van der Waals surface area contributed by atoms with Crippen LogP contribution in [0, 0.1) is 22.7 Å². The maximum absolute atomic E-state index is 9.79. The molecule has 5 aromatic carbocycles. The van der Waals surface area contributed by atoms with E-state index in [1.165, 1.54) is 26.9 Å². The zero-order chi connectivity index (χ0) is 22.1. The van der Waals surface area contributed by atoms with Gasteiger partial charge in [-0.25, -0.2) is 0 Å². The highest BCUT2D eigenvalue weighted by Crippen LogP contribution is 2.43. The van der Waals surface area contributed by atoms with Crippen molar-refractivity contribution >= 4 is 59.5 Å². The van der Waals surface area contributed by atoms with E-state index in [9.17, 15) is 10.5 Å². The minimum absolute atomic E-state index is 0.397. The Morgan fingerprint density at radius 3 is 1.76 bits per heavy atom. The molecule has 0 aliphatic rings. The topological polar surface area (TPSA) is 52.0 Å². The molecule has 0 fully saturated rings. The van der Waals surface area contributed by atoms with Gasteiger partial charge in [0.25, 0.3) is 0 Å². The second kappa shape index (κ2) is 6.33. The van der Waals surface area contributed by atoms with Crippen molar-refractivity contribution in [2.24, 2.45) is 0 Å². The van der Waals surface area contributed by atoms with E-state index in [1.54, 1.807) is 0 Å². The molecule has 0 saturated carbocycles. The molecule has 150 valence electrons. The molecule has 7 rings (SSSR count). The van der Waals surface area contributed by atoms with Gasteiger partial charge in [-0.2, -0.15) is 10.5 Å². The zero-order valence-electron chi connectivity index (χ0n) is 17.5. The van der Waals surface area contributed by atoms with E-state index in [2.05, 4.69) is 89.5 Å². The van der Waals surface area contributed by atoms with Gasteiger partial charge in [-0.1, -0.05) is 72.8 Å². The van der Waals surface area contributed by atoms with E-state index >= 15 is 0 Å². The molecular weight excluding hydrogens is 402 g/mol. The van der Waals surface area contributed by atoms with Gasteiger partial charge in [-0.15, -0.1) is 0 Å². The molecule has 0 unspecified atom stereocenters. The quantitative estimate of drug-likeness (QED) is 0.241. The summed E-state index contributed by atoms with van der Waals surface area (Å²) in [4.78, 5) is 0. The molecule has 0 aliphatic carbocycles. The molecular formula is C30H15N3. The molecule has 0 spiro atoms. The van der Waals surface area contributed by atoms with Crippen molar-refractivity contribution in [3.05, 3.63) is 102 Å². The third-order valence-corrected chi connectivity index (χ3v) is 6.80. The van der Waals surface area contributed by atoms with Gasteiger partial charge >= 0.3 is 0 Å². The van der Waals surface area contributed by atoms with Crippen molar-refractivity contribution in [1.29, 1.82) is 10.5 Å². The Hall–Kier alpha value is -4.86. The smallest absolute Gasteiger partial charge is 0.101 e. The van der Waals surface area contributed by atoms with E-state index in [1.807, 2.05) is 18.2 Å². The lowest BCUT2D eigenvalue weighted by molar-refractivity contribution is 1.29. The summed E-state index contributed by atoms with van der Waals surface area (Å²) in [6, 6.07) is 33.6. The van der Waals surface area contributed by atoms with E-state index in [0.717, 1.165) is 32.6 Å². The largest absolute Gasteiger partial charge is 0.315 e. The Labute approximate surface area is 188 Å². The van der Waals surface area contributed by atoms with E-state index in [4.69, 9.17) is 0 Å². The predicted molar refractivity (Wildman–Crippen MR) is 134 cm³/mol. The lowest BCUT2D eigenvalue weighted by atomic mass is 9.90. The van der Waals surface area contributed by atoms with Crippen molar-refractivity contribution in [3.63, 3.8) is 0 Å². The van der Waals surface area contributed by atoms with E-state index in [-0.39, 0.29) is 0 Å². The van der Waals surface area contributed by atoms with Crippen LogP contribution in [0.4, 0.5) is 0 Å². The molecule has 0 amide bonds. The van der Waals surface area contributed by atoms with Crippen LogP contribution >= 0.6 is 0 Å². The molecule has 0 radical (unpaired) electrons. The predicted octanol–water partition coefficient (Wildman–Crippen LogP) is 7.45. The highest BCUT2D eigenvalue weighted by Gasteiger charge is 2.19. The number of pyridine rings is 1. The second-order valence-electron chi connectivity index (χ2n) is 8.41. The Bertz CT molecular complexity index is 2050. The lowest BCUT2D eigenvalue weighted by Gasteiger charge is -2.16. The number of hydrogen-bond donors (Lipinski definition) is 0. The first-order valence-corrected chi connectivity index (χ1v) is 10.8. The second-order valence-corrected chi connectivity index (χ2v) is 8.41. The number of nitrogens with zero attached hydrogens (tertiary/aromatic N) is 3. The fourth-order valence-electron chi connectivity index (χ4n) is 5.44. The fourth-order valence-corrected chi connectivity index (χ4v) is 5.44. The van der Waals surface area contributed by atoms with Gasteiger partial charge in [0, 0.05) is 33.1 Å². The number of hydrogen-bond acceptors (Lipinski definition) is 2. The van der Waals surface area contributed by atoms with Crippen LogP contribution < -0.4 is 0 Å². The number of nitriles is 2. The Kier molecular flexibility index (Phi) is 3.41. The lowest BCUT2D eigenvalue weighted by Crippen LogP contribution is -1.95. The van der Waals surface area contributed by atoms with Crippen LogP contribution in [0.5, 0.6) is 0 Å². The average molecular weight is 417 g/mol. The number of fused-ring (bicyclic) bond motifs is 13. The van der Waals surface area contributed by atoms with Crippen LogP contribution in [0.1, 0.15) is 11.1 Å². The summed E-state index contributed by atoms with van der Waals surface area (Å²) in [5.74, 6) is 0. The summed E-state index contributed by atoms with van der Waals surface area (Å²) >= 11 is 0. The molecule has 0 saturated heterocycles. The summed E-state index contributed by atoms with van der Waals surface area (Å²) in [5, 5.41) is 29.8. The van der Waals surface area contributed by atoms with Crippen molar-refractivity contribution in [1.82, 2.24) is 4.40 Å². The van der Waals surface area contributed by atoms with Crippen LogP contribution in [-0.2, 0) is 0 Å². The molecule has 0 N–H and O–H groups in total. The van der Waals surface area contributed by atoms with Crippen LogP contribution in [-0.4, -0.2) is 4.40 Å². The van der Waals surface area contributed by atoms with E-state index < -0.39 is 0 Å². The summed E-state index contributed by atoms with van der Waals surface area (Å²) < 4.78 is 2.20. The van der Waals surface area contributed by atoms with Gasteiger partial charge in [-0.3, -0.25) is 0 Å². The van der Waals surface area contributed by atoms with Crippen LogP contribution in [0.3, 0.4) is 0 Å². The molecule has 0 bridgehead atoms. The Balaban J connectivity index is 1.97. The van der Waals surface area contributed by atoms with Crippen molar-refractivity contribution in [2.75, 3.05) is 0 Å². The van der Waals surface area contributed by atoms with Gasteiger partial charge in [0.1, 0.15) is 12.1 Å². The van der Waals surface area contributed by atoms with Crippen molar-refractivity contribution in [3.8, 4) is 12.1 Å². The highest BCUT2D eigenvalue weighted by molar-refractivity contribution is 6.36. The Morgan fingerprint density at radius 1 is 0.545 bits per heavy atom. The molecule has 3 nitrogen and oxygen atoms in total. The fraction of sp³-hybridized carbons (Fsp3) is 0. The van der Waals surface area contributed by atoms with Crippen LogP contribution in [0.2, 0.25) is 0 Å². The number of rotatable bonds is 0. The summed E-state index contributed by atoms with van der Waals surface area (Å²) in [5.41, 5.74) is 2.86. The molecule has 7 aromatic rings. The molecule has 0 aliphatic heterocycles. The van der Waals surface area contributed by atoms with Gasteiger partial charge in [0.15, 0.2) is 0 Å². The van der Waals surface area contributed by atoms with Crippen LogP contribution in [0.25, 0.3) is 59.5 Å². The standard InChI is InChI=1S/C30H15N3/c31-15-19-13-26-27(14-20(19)16-32)33-17-18-7-1-2-8-21(18)30(33)29-25-12-6-4-10-23(25)22-9-3-5-11-24(22)28(26)29/h1-14,17H. The third-order valence-electron chi connectivity index (χ3n) is 6.80. The SMILES string of the molecule is N#Cc1cc2c3c4ccccc4c4ccccc4c3c3c4ccccc4cn3c2cc1C#N. The molecule has 0 atom stereocenters.